The minimum absolute atomic E-state index is 0.0613. The molecule has 0 N–H and O–H groups in total. The molecular formula is C45H29N5. The van der Waals surface area contributed by atoms with Gasteiger partial charge in [-0.25, -0.2) is 4.98 Å². The Bertz CT molecular complexity index is 3310. The normalized spacial score (nSPS) is 14.4. The molecular weight excluding hydrogens is 611 g/mol. The van der Waals surface area contributed by atoms with Crippen LogP contribution in [-0.4, -0.2) is 24.1 Å². The number of hydrogen-bond donors (Lipinski definition) is 0. The van der Waals surface area contributed by atoms with Gasteiger partial charge in [-0.15, -0.1) is 0 Å². The smallest absolute Gasteiger partial charge is 0.238 e. The number of nitrogens with zero attached hydrogens (tertiary/aromatic N) is 5. The van der Waals surface area contributed by atoms with Crippen molar-refractivity contribution in [1.82, 2.24) is 24.1 Å². The summed E-state index contributed by atoms with van der Waals surface area (Å²) in [6.45, 7) is 0. The predicted octanol–water partition coefficient (Wildman–Crippen LogP) is 11.1. The molecule has 0 amide bonds. The Morgan fingerprint density at radius 2 is 1.00 bits per heavy atom. The van der Waals surface area contributed by atoms with E-state index in [-0.39, 0.29) is 28.7 Å². The van der Waals surface area contributed by atoms with Gasteiger partial charge in [-0.2, -0.15) is 9.97 Å². The highest BCUT2D eigenvalue weighted by Crippen LogP contribution is 2.43. The third-order valence-corrected chi connectivity index (χ3v) is 8.97. The lowest BCUT2D eigenvalue weighted by atomic mass is 10.0. The van der Waals surface area contributed by atoms with E-state index < -0.39 is 60.4 Å². The molecule has 0 aliphatic carbocycles. The minimum atomic E-state index is -0.612. The van der Waals surface area contributed by atoms with E-state index >= 15 is 0 Å². The van der Waals surface area contributed by atoms with Gasteiger partial charge in [0.2, 0.25) is 5.95 Å². The molecule has 10 aromatic rings. The van der Waals surface area contributed by atoms with Crippen molar-refractivity contribution in [1.29, 1.82) is 0 Å². The first-order chi connectivity index (χ1) is 29.0. The molecule has 5 heteroatoms. The second-order valence-electron chi connectivity index (χ2n) is 11.7. The zero-order valence-corrected chi connectivity index (χ0v) is 26.2. The summed E-state index contributed by atoms with van der Waals surface area (Å²) in [6, 6.07) is 32.2. The number of para-hydroxylation sites is 3. The molecule has 0 bridgehead atoms. The fourth-order valence-electron chi connectivity index (χ4n) is 6.92. The summed E-state index contributed by atoms with van der Waals surface area (Å²) in [5.41, 5.74) is 5.47. The highest BCUT2D eigenvalue weighted by atomic mass is 15.2. The molecule has 50 heavy (non-hydrogen) atoms. The van der Waals surface area contributed by atoms with E-state index in [1.54, 1.807) is 0 Å². The fraction of sp³-hybridized carbons (Fsp3) is 0. The van der Waals surface area contributed by atoms with E-state index in [0.717, 1.165) is 49.4 Å². The number of benzene rings is 7. The lowest BCUT2D eigenvalue weighted by Crippen LogP contribution is -2.06. The van der Waals surface area contributed by atoms with Crippen molar-refractivity contribution in [3.63, 3.8) is 0 Å². The zero-order chi connectivity index (χ0) is 41.7. The summed E-state index contributed by atoms with van der Waals surface area (Å²) in [6.07, 6.45) is 0. The first kappa shape index (κ1) is 19.8. The van der Waals surface area contributed by atoms with Crippen molar-refractivity contribution in [2.45, 2.75) is 0 Å². The standard InChI is InChI=1S/C45H29N5/c1-4-16-30(17-5-1)33-22-10-13-25-37(33)49-39-27-15-12-24-36(39)41-40(49)29-28-35-34-23-11-14-26-38(34)50(42(35)41)45-47-43(31-18-6-2-7-19-31)46-44(48-45)32-20-8-3-9-21-32/h1-29H/i2D,3D,6D,7D,8D,9D,18D,19D,20D,21D. The van der Waals surface area contributed by atoms with Crippen molar-refractivity contribution in [3.8, 4) is 45.5 Å². The molecule has 5 nitrogen and oxygen atoms in total. The van der Waals surface area contributed by atoms with Gasteiger partial charge in [0.1, 0.15) is 0 Å². The molecule has 234 valence electrons. The summed E-state index contributed by atoms with van der Waals surface area (Å²) in [5, 5.41) is 3.43. The van der Waals surface area contributed by atoms with Crippen LogP contribution >= 0.6 is 0 Å². The second kappa shape index (κ2) is 11.4. The quantitative estimate of drug-likeness (QED) is 0.186. The summed E-state index contributed by atoms with van der Waals surface area (Å²) < 4.78 is 89.8. The van der Waals surface area contributed by atoms with Gasteiger partial charge in [-0.05, 0) is 29.8 Å². The first-order valence-corrected chi connectivity index (χ1v) is 16.0. The van der Waals surface area contributed by atoms with Crippen LogP contribution in [0.15, 0.2) is 176 Å². The lowest BCUT2D eigenvalue weighted by molar-refractivity contribution is 0.955. The molecule has 0 saturated carbocycles. The molecule has 7 aromatic carbocycles. The Morgan fingerprint density at radius 1 is 0.420 bits per heavy atom. The Balaban J connectivity index is 1.38. The maximum absolute atomic E-state index is 8.86. The van der Waals surface area contributed by atoms with Crippen molar-refractivity contribution in [2.24, 2.45) is 0 Å². The van der Waals surface area contributed by atoms with Gasteiger partial charge in [0.15, 0.2) is 11.6 Å². The van der Waals surface area contributed by atoms with Crippen molar-refractivity contribution < 1.29 is 13.7 Å². The molecule has 0 spiro atoms. The Kier molecular flexibility index (Phi) is 4.52. The largest absolute Gasteiger partial charge is 0.309 e. The molecule has 0 saturated heterocycles. The van der Waals surface area contributed by atoms with Gasteiger partial charge < -0.3 is 4.57 Å². The second-order valence-corrected chi connectivity index (χ2v) is 11.7. The number of rotatable bonds is 5. The molecule has 3 heterocycles. The van der Waals surface area contributed by atoms with Gasteiger partial charge in [0.25, 0.3) is 0 Å². The third kappa shape index (κ3) is 4.37. The van der Waals surface area contributed by atoms with Crippen LogP contribution < -0.4 is 0 Å². The van der Waals surface area contributed by atoms with E-state index in [0.29, 0.717) is 11.0 Å². The Hall–Kier alpha value is -6.85. The average Bonchev–Trinajstić information content (AvgIpc) is 3.79. The highest BCUT2D eigenvalue weighted by molar-refractivity contribution is 6.26. The minimum Gasteiger partial charge on any atom is -0.309 e. The van der Waals surface area contributed by atoms with Crippen LogP contribution in [0.1, 0.15) is 13.7 Å². The van der Waals surface area contributed by atoms with Gasteiger partial charge in [0, 0.05) is 38.2 Å². The highest BCUT2D eigenvalue weighted by Gasteiger charge is 2.23. The van der Waals surface area contributed by atoms with Crippen LogP contribution in [0.2, 0.25) is 0 Å². The monoisotopic (exact) mass is 649 g/mol. The first-order valence-electron chi connectivity index (χ1n) is 21.0. The van der Waals surface area contributed by atoms with Crippen LogP contribution in [0, 0.1) is 0 Å². The maximum Gasteiger partial charge on any atom is 0.238 e. The molecule has 10 rings (SSSR count). The van der Waals surface area contributed by atoms with Crippen LogP contribution in [-0.2, 0) is 0 Å². The van der Waals surface area contributed by atoms with Gasteiger partial charge in [-0.1, -0.05) is 151 Å². The van der Waals surface area contributed by atoms with Crippen LogP contribution in [0.5, 0.6) is 0 Å². The van der Waals surface area contributed by atoms with Crippen molar-refractivity contribution in [2.75, 3.05) is 0 Å². The van der Waals surface area contributed by atoms with E-state index in [1.807, 2.05) is 83.4 Å². The van der Waals surface area contributed by atoms with E-state index in [9.17, 15) is 0 Å². The molecule has 0 aliphatic heterocycles. The molecule has 0 aliphatic rings. The maximum atomic E-state index is 8.86. The predicted molar refractivity (Wildman–Crippen MR) is 205 cm³/mol. The van der Waals surface area contributed by atoms with Gasteiger partial charge in [0.05, 0.1) is 41.5 Å². The number of aromatic nitrogens is 5. The third-order valence-electron chi connectivity index (χ3n) is 8.97. The molecule has 0 fully saturated rings. The van der Waals surface area contributed by atoms with Gasteiger partial charge >= 0.3 is 0 Å². The van der Waals surface area contributed by atoms with Gasteiger partial charge in [-0.3, -0.25) is 4.57 Å². The van der Waals surface area contributed by atoms with E-state index in [2.05, 4.69) is 45.9 Å². The number of hydrogen-bond acceptors (Lipinski definition) is 3. The summed E-state index contributed by atoms with van der Waals surface area (Å²) >= 11 is 0. The van der Waals surface area contributed by atoms with Crippen molar-refractivity contribution >= 4 is 43.6 Å². The van der Waals surface area contributed by atoms with Crippen LogP contribution in [0.3, 0.4) is 0 Å². The van der Waals surface area contributed by atoms with Crippen molar-refractivity contribution in [3.05, 3.63) is 176 Å². The lowest BCUT2D eigenvalue weighted by Gasteiger charge is -2.14. The van der Waals surface area contributed by atoms with Crippen LogP contribution in [0.4, 0.5) is 0 Å². The molecule has 0 unspecified atom stereocenters. The average molecular weight is 650 g/mol. The molecule has 0 atom stereocenters. The molecule has 3 aromatic heterocycles. The van der Waals surface area contributed by atoms with E-state index in [4.69, 9.17) is 23.7 Å². The SMILES string of the molecule is [2H]c1c([2H])c([2H])c(-c2nc(-c3c([2H])c([2H])c([2H])c([2H])c3[2H])nc(-n3c4ccccc4c4ccc5c(c6ccccc6n5-c5ccccc5-c5ccccc5)c43)n2)c([2H])c1[2H]. The van der Waals surface area contributed by atoms with E-state index in [1.165, 1.54) is 0 Å². The number of fused-ring (bicyclic) bond motifs is 7. The summed E-state index contributed by atoms with van der Waals surface area (Å²) in [7, 11) is 0. The molecule has 0 radical (unpaired) electrons. The Morgan fingerprint density at radius 3 is 1.70 bits per heavy atom. The zero-order valence-electron chi connectivity index (χ0n) is 36.2. The Labute approximate surface area is 302 Å². The summed E-state index contributed by atoms with van der Waals surface area (Å²) in [4.78, 5) is 14.2. The van der Waals surface area contributed by atoms with Crippen LogP contribution in [0.25, 0.3) is 89.2 Å². The summed E-state index contributed by atoms with van der Waals surface area (Å²) in [5.74, 6) is -0.735. The fourth-order valence-corrected chi connectivity index (χ4v) is 6.92. The topological polar surface area (TPSA) is 48.5 Å².